The van der Waals surface area contributed by atoms with Gasteiger partial charge in [-0.2, -0.15) is 5.26 Å². The molecule has 1 aliphatic carbocycles. The summed E-state index contributed by atoms with van der Waals surface area (Å²) in [6.07, 6.45) is 0. The highest BCUT2D eigenvalue weighted by atomic mass is 14.8. The molecule has 1 aromatic heterocycles. The Morgan fingerprint density at radius 2 is 1.00 bits per heavy atom. The molecule has 0 saturated carbocycles. The van der Waals surface area contributed by atoms with Crippen molar-refractivity contribution >= 4 is 32.8 Å². The molecule has 9 aromatic rings. The van der Waals surface area contributed by atoms with Crippen molar-refractivity contribution in [2.75, 3.05) is 0 Å². The van der Waals surface area contributed by atoms with E-state index in [-0.39, 0.29) is 0 Å². The molecule has 1 aliphatic rings. The fourth-order valence-corrected chi connectivity index (χ4v) is 8.29. The van der Waals surface area contributed by atoms with Crippen molar-refractivity contribution in [3.8, 4) is 39.4 Å². The quantitative estimate of drug-likeness (QED) is 0.141. The van der Waals surface area contributed by atoms with E-state index in [1.165, 1.54) is 22.3 Å². The van der Waals surface area contributed by atoms with Crippen LogP contribution in [-0.2, 0) is 5.41 Å². The Hall–Kier alpha value is -6.89. The molecule has 0 spiro atoms. The molecule has 3 nitrogen and oxygen atoms in total. The lowest BCUT2D eigenvalue weighted by molar-refractivity contribution is 0.768. The first-order valence-electron chi connectivity index (χ1n) is 17.2. The minimum absolute atomic E-state index is 0.594. The minimum atomic E-state index is -0.594. The number of benzene rings is 8. The summed E-state index contributed by atoms with van der Waals surface area (Å²) < 4.78 is 0. The van der Waals surface area contributed by atoms with Gasteiger partial charge in [-0.25, -0.2) is 9.97 Å². The van der Waals surface area contributed by atoms with Crippen molar-refractivity contribution in [3.05, 3.63) is 204 Å². The van der Waals surface area contributed by atoms with E-state index < -0.39 is 5.41 Å². The van der Waals surface area contributed by atoms with Crippen molar-refractivity contribution in [1.29, 1.82) is 5.26 Å². The van der Waals surface area contributed by atoms with Crippen molar-refractivity contribution in [1.82, 2.24) is 9.97 Å². The zero-order chi connectivity index (χ0) is 33.9. The molecule has 0 amide bonds. The van der Waals surface area contributed by atoms with Crippen LogP contribution < -0.4 is 0 Å². The highest BCUT2D eigenvalue weighted by molar-refractivity contribution is 6.12. The van der Waals surface area contributed by atoms with Gasteiger partial charge in [0.05, 0.1) is 39.1 Å². The fourth-order valence-electron chi connectivity index (χ4n) is 8.29. The first-order valence-corrected chi connectivity index (χ1v) is 17.2. The van der Waals surface area contributed by atoms with Gasteiger partial charge in [-0.05, 0) is 103 Å². The van der Waals surface area contributed by atoms with Crippen LogP contribution in [0.15, 0.2) is 176 Å². The molecule has 51 heavy (non-hydrogen) atoms. The number of fused-ring (bicyclic) bond motifs is 7. The van der Waals surface area contributed by atoms with Gasteiger partial charge in [0.25, 0.3) is 0 Å². The normalized spacial score (nSPS) is 12.8. The molecular formula is C48H29N3. The van der Waals surface area contributed by atoms with Crippen LogP contribution in [0.1, 0.15) is 27.8 Å². The predicted molar refractivity (Wildman–Crippen MR) is 207 cm³/mol. The second-order valence-corrected chi connectivity index (χ2v) is 13.2. The van der Waals surface area contributed by atoms with E-state index in [4.69, 9.17) is 9.97 Å². The second kappa shape index (κ2) is 11.3. The average molecular weight is 648 g/mol. The Balaban J connectivity index is 1.19. The van der Waals surface area contributed by atoms with Crippen LogP contribution in [-0.4, -0.2) is 9.97 Å². The Morgan fingerprint density at radius 3 is 1.73 bits per heavy atom. The highest BCUT2D eigenvalue weighted by Gasteiger charge is 2.46. The maximum atomic E-state index is 10.0. The van der Waals surface area contributed by atoms with E-state index in [1.807, 2.05) is 30.3 Å². The van der Waals surface area contributed by atoms with Crippen LogP contribution in [0.5, 0.6) is 0 Å². The fraction of sp³-hybridized carbons (Fsp3) is 0.0208. The maximum Gasteiger partial charge on any atom is 0.0991 e. The summed E-state index contributed by atoms with van der Waals surface area (Å²) in [5.41, 5.74) is 15.2. The van der Waals surface area contributed by atoms with E-state index in [9.17, 15) is 5.26 Å². The lowest BCUT2D eigenvalue weighted by Gasteiger charge is -2.34. The average Bonchev–Trinajstić information content (AvgIpc) is 3.50. The van der Waals surface area contributed by atoms with Gasteiger partial charge in [-0.15, -0.1) is 0 Å². The molecular weight excluding hydrogens is 619 g/mol. The van der Waals surface area contributed by atoms with Crippen LogP contribution in [0.3, 0.4) is 0 Å². The largest absolute Gasteiger partial charge is 0.244 e. The SMILES string of the molecule is N#Cc1ccc2c(c1)C(c1ccccc1)(c1ccccc1)c1cc(-c3cccc(-c4cc5nc6ccccc6nc5c5ccccc45)c3)ccc1-2. The van der Waals surface area contributed by atoms with Gasteiger partial charge in [0.2, 0.25) is 0 Å². The van der Waals surface area contributed by atoms with Crippen molar-refractivity contribution < 1.29 is 0 Å². The monoisotopic (exact) mass is 647 g/mol. The van der Waals surface area contributed by atoms with Gasteiger partial charge in [0.1, 0.15) is 0 Å². The smallest absolute Gasteiger partial charge is 0.0991 e. The Morgan fingerprint density at radius 1 is 0.412 bits per heavy atom. The molecule has 0 aliphatic heterocycles. The summed E-state index contributed by atoms with van der Waals surface area (Å²) in [7, 11) is 0. The molecule has 8 aromatic carbocycles. The van der Waals surface area contributed by atoms with Crippen LogP contribution in [0.2, 0.25) is 0 Å². The highest BCUT2D eigenvalue weighted by Crippen LogP contribution is 2.57. The van der Waals surface area contributed by atoms with Crippen molar-refractivity contribution in [2.24, 2.45) is 0 Å². The van der Waals surface area contributed by atoms with Gasteiger partial charge in [-0.3, -0.25) is 0 Å². The minimum Gasteiger partial charge on any atom is -0.244 e. The Bertz CT molecular complexity index is 2830. The van der Waals surface area contributed by atoms with E-state index in [2.05, 4.69) is 152 Å². The molecule has 0 unspecified atom stereocenters. The third kappa shape index (κ3) is 4.37. The van der Waals surface area contributed by atoms with Gasteiger partial charge >= 0.3 is 0 Å². The zero-order valence-electron chi connectivity index (χ0n) is 27.6. The number of para-hydroxylation sites is 2. The predicted octanol–water partition coefficient (Wildman–Crippen LogP) is 11.5. The van der Waals surface area contributed by atoms with Gasteiger partial charge < -0.3 is 0 Å². The topological polar surface area (TPSA) is 49.6 Å². The lowest BCUT2D eigenvalue weighted by atomic mass is 9.67. The molecule has 0 fully saturated rings. The third-order valence-electron chi connectivity index (χ3n) is 10.5. The molecule has 0 atom stereocenters. The number of nitrogens with zero attached hydrogens (tertiary/aromatic N) is 3. The zero-order valence-corrected chi connectivity index (χ0v) is 27.6. The molecule has 0 N–H and O–H groups in total. The first-order chi connectivity index (χ1) is 25.2. The molecule has 1 heterocycles. The number of aromatic nitrogens is 2. The van der Waals surface area contributed by atoms with Crippen molar-refractivity contribution in [2.45, 2.75) is 5.41 Å². The lowest BCUT2D eigenvalue weighted by Crippen LogP contribution is -2.28. The van der Waals surface area contributed by atoms with Crippen LogP contribution in [0.25, 0.3) is 66.2 Å². The molecule has 0 radical (unpaired) electrons. The van der Waals surface area contributed by atoms with Gasteiger partial charge in [-0.1, -0.05) is 133 Å². The van der Waals surface area contributed by atoms with E-state index in [0.29, 0.717) is 5.56 Å². The van der Waals surface area contributed by atoms with Crippen molar-refractivity contribution in [3.63, 3.8) is 0 Å². The second-order valence-electron chi connectivity index (χ2n) is 13.2. The van der Waals surface area contributed by atoms with Crippen LogP contribution >= 0.6 is 0 Å². The summed E-state index contributed by atoms with van der Waals surface area (Å²) >= 11 is 0. The number of hydrogen-bond donors (Lipinski definition) is 0. The number of rotatable bonds is 4. The molecule has 236 valence electrons. The maximum absolute atomic E-state index is 10.0. The Kier molecular flexibility index (Phi) is 6.46. The summed E-state index contributed by atoms with van der Waals surface area (Å²) in [5.74, 6) is 0. The van der Waals surface area contributed by atoms with Gasteiger partial charge in [0, 0.05) is 5.39 Å². The standard InChI is InChI=1S/C48H29N3/c49-30-31-22-24-38-39-25-23-33(28-43(39)48(42(38)26-31,35-14-3-1-4-15-35)36-16-5-2-6-17-36)32-12-11-13-34(27-32)41-29-46-47(40-19-8-7-18-37(40)41)51-45-21-10-9-20-44(45)50-46/h1-29H. The first kappa shape index (κ1) is 29.1. The summed E-state index contributed by atoms with van der Waals surface area (Å²) in [6.45, 7) is 0. The molecule has 10 rings (SSSR count). The summed E-state index contributed by atoms with van der Waals surface area (Å²) in [6, 6.07) is 64.5. The van der Waals surface area contributed by atoms with Crippen LogP contribution in [0.4, 0.5) is 0 Å². The van der Waals surface area contributed by atoms with Gasteiger partial charge in [0.15, 0.2) is 0 Å². The molecule has 3 heteroatoms. The molecule has 0 bridgehead atoms. The summed E-state index contributed by atoms with van der Waals surface area (Å²) in [5, 5.41) is 12.3. The third-order valence-corrected chi connectivity index (χ3v) is 10.5. The summed E-state index contributed by atoms with van der Waals surface area (Å²) in [4.78, 5) is 10.1. The Labute approximate surface area is 295 Å². The number of hydrogen-bond acceptors (Lipinski definition) is 3. The van der Waals surface area contributed by atoms with E-state index in [0.717, 1.165) is 66.2 Å². The number of nitriles is 1. The van der Waals surface area contributed by atoms with Crippen LogP contribution in [0, 0.1) is 11.3 Å². The van der Waals surface area contributed by atoms with E-state index >= 15 is 0 Å². The van der Waals surface area contributed by atoms with E-state index in [1.54, 1.807) is 0 Å². The molecule has 0 saturated heterocycles.